The Balaban J connectivity index is 2.04. The van der Waals surface area contributed by atoms with Crippen molar-refractivity contribution in [3.63, 3.8) is 0 Å². The van der Waals surface area contributed by atoms with Crippen LogP contribution in [0.25, 0.3) is 0 Å². The Bertz CT molecular complexity index is 434. The highest BCUT2D eigenvalue weighted by Crippen LogP contribution is 2.20. The van der Waals surface area contributed by atoms with Gasteiger partial charge in [-0.1, -0.05) is 6.92 Å². The molecule has 5 heteroatoms. The van der Waals surface area contributed by atoms with Gasteiger partial charge in [0.05, 0.1) is 12.4 Å². The van der Waals surface area contributed by atoms with Gasteiger partial charge in [0, 0.05) is 26.2 Å². The molecule has 20 heavy (non-hydrogen) atoms. The first-order chi connectivity index (χ1) is 9.65. The number of rotatable bonds is 4. The van der Waals surface area contributed by atoms with Crippen molar-refractivity contribution in [1.29, 1.82) is 0 Å². The molecule has 1 aliphatic heterocycles. The summed E-state index contributed by atoms with van der Waals surface area (Å²) in [5.74, 6) is 1.64. The third-order valence-corrected chi connectivity index (χ3v) is 4.02. The highest BCUT2D eigenvalue weighted by molar-refractivity contribution is 5.92. The number of aromatic nitrogens is 2. The van der Waals surface area contributed by atoms with Crippen LogP contribution in [0.1, 0.15) is 44.1 Å². The second kappa shape index (κ2) is 6.68. The van der Waals surface area contributed by atoms with Crippen molar-refractivity contribution in [1.82, 2.24) is 14.9 Å². The van der Waals surface area contributed by atoms with Gasteiger partial charge in [-0.2, -0.15) is 0 Å². The Hall–Kier alpha value is -1.65. The van der Waals surface area contributed by atoms with Gasteiger partial charge in [0.2, 0.25) is 0 Å². The smallest absolute Gasteiger partial charge is 0.274 e. The van der Waals surface area contributed by atoms with E-state index in [0.29, 0.717) is 18.8 Å². The van der Waals surface area contributed by atoms with Crippen LogP contribution in [0.2, 0.25) is 0 Å². The van der Waals surface area contributed by atoms with E-state index in [4.69, 9.17) is 0 Å². The third kappa shape index (κ3) is 3.26. The van der Waals surface area contributed by atoms with E-state index in [9.17, 15) is 4.79 Å². The summed E-state index contributed by atoms with van der Waals surface area (Å²) in [6.07, 6.45) is 5.73. The molecule has 1 aliphatic rings. The average Bonchev–Trinajstić information content (AvgIpc) is 2.49. The van der Waals surface area contributed by atoms with Gasteiger partial charge in [0.1, 0.15) is 11.5 Å². The molecular weight excluding hydrogens is 252 g/mol. The van der Waals surface area contributed by atoms with Crippen LogP contribution in [0.4, 0.5) is 5.82 Å². The van der Waals surface area contributed by atoms with Crippen LogP contribution < -0.4 is 4.90 Å². The lowest BCUT2D eigenvalue weighted by Crippen LogP contribution is -2.34. The van der Waals surface area contributed by atoms with Crippen LogP contribution in [0.15, 0.2) is 12.4 Å². The fourth-order valence-corrected chi connectivity index (χ4v) is 2.51. The molecular formula is C15H24N4O. The van der Waals surface area contributed by atoms with E-state index in [1.807, 2.05) is 13.8 Å². The molecule has 110 valence electrons. The molecule has 0 aliphatic carbocycles. The first kappa shape index (κ1) is 14.8. The van der Waals surface area contributed by atoms with E-state index >= 15 is 0 Å². The zero-order chi connectivity index (χ0) is 14.5. The quantitative estimate of drug-likeness (QED) is 0.846. The van der Waals surface area contributed by atoms with Crippen LogP contribution in [0.3, 0.4) is 0 Å². The SMILES string of the molecule is CCN(CC)C(=O)c1cnc(N2CCC(C)CC2)cn1. The molecule has 5 nitrogen and oxygen atoms in total. The van der Waals surface area contributed by atoms with Gasteiger partial charge in [-0.3, -0.25) is 4.79 Å². The van der Waals surface area contributed by atoms with Gasteiger partial charge >= 0.3 is 0 Å². The van der Waals surface area contributed by atoms with Crippen LogP contribution in [-0.2, 0) is 0 Å². The summed E-state index contributed by atoms with van der Waals surface area (Å²) in [6, 6.07) is 0. The predicted molar refractivity (Wildman–Crippen MR) is 79.9 cm³/mol. The summed E-state index contributed by atoms with van der Waals surface area (Å²) in [4.78, 5) is 24.9. The molecule has 2 rings (SSSR count). The minimum atomic E-state index is -0.0404. The van der Waals surface area contributed by atoms with Crippen molar-refractivity contribution in [2.45, 2.75) is 33.6 Å². The molecule has 0 aromatic carbocycles. The van der Waals surface area contributed by atoms with Crippen LogP contribution >= 0.6 is 0 Å². The first-order valence-corrected chi connectivity index (χ1v) is 7.52. The maximum Gasteiger partial charge on any atom is 0.274 e. The third-order valence-electron chi connectivity index (χ3n) is 4.02. The van der Waals surface area contributed by atoms with Gasteiger partial charge in [-0.15, -0.1) is 0 Å². The van der Waals surface area contributed by atoms with E-state index < -0.39 is 0 Å². The number of hydrogen-bond donors (Lipinski definition) is 0. The van der Waals surface area contributed by atoms with Crippen molar-refractivity contribution < 1.29 is 4.79 Å². The standard InChI is InChI=1S/C15H24N4O/c1-4-18(5-2)15(20)13-10-17-14(11-16-13)19-8-6-12(3)7-9-19/h10-12H,4-9H2,1-3H3. The molecule has 0 unspecified atom stereocenters. The van der Waals surface area contributed by atoms with E-state index in [1.165, 1.54) is 12.8 Å². The maximum absolute atomic E-state index is 12.1. The summed E-state index contributed by atoms with van der Waals surface area (Å²) < 4.78 is 0. The van der Waals surface area contributed by atoms with E-state index in [0.717, 1.165) is 24.8 Å². The number of carbonyl (C=O) groups excluding carboxylic acids is 1. The first-order valence-electron chi connectivity index (χ1n) is 7.52. The second-order valence-electron chi connectivity index (χ2n) is 5.41. The molecule has 2 heterocycles. The second-order valence-corrected chi connectivity index (χ2v) is 5.41. The largest absolute Gasteiger partial charge is 0.355 e. The fourth-order valence-electron chi connectivity index (χ4n) is 2.51. The lowest BCUT2D eigenvalue weighted by molar-refractivity contribution is 0.0766. The van der Waals surface area contributed by atoms with E-state index in [-0.39, 0.29) is 5.91 Å². The normalized spacial score (nSPS) is 16.2. The number of piperidine rings is 1. The summed E-state index contributed by atoms with van der Waals surface area (Å²) in [5.41, 5.74) is 0.433. The highest BCUT2D eigenvalue weighted by atomic mass is 16.2. The minimum absolute atomic E-state index is 0.0404. The Kier molecular flexibility index (Phi) is 4.93. The Morgan fingerprint density at radius 2 is 1.90 bits per heavy atom. The number of carbonyl (C=O) groups is 1. The summed E-state index contributed by atoms with van der Waals surface area (Å²) >= 11 is 0. The Morgan fingerprint density at radius 3 is 2.40 bits per heavy atom. The lowest BCUT2D eigenvalue weighted by Gasteiger charge is -2.30. The molecule has 1 saturated heterocycles. The van der Waals surface area contributed by atoms with Crippen molar-refractivity contribution in [2.75, 3.05) is 31.1 Å². The average molecular weight is 276 g/mol. The van der Waals surface area contributed by atoms with Gasteiger partial charge in [0.15, 0.2) is 0 Å². The topological polar surface area (TPSA) is 49.3 Å². The number of nitrogens with zero attached hydrogens (tertiary/aromatic N) is 4. The number of amides is 1. The minimum Gasteiger partial charge on any atom is -0.355 e. The van der Waals surface area contributed by atoms with Gasteiger partial charge in [-0.25, -0.2) is 9.97 Å². The fraction of sp³-hybridized carbons (Fsp3) is 0.667. The van der Waals surface area contributed by atoms with E-state index in [2.05, 4.69) is 21.8 Å². The summed E-state index contributed by atoms with van der Waals surface area (Å²) in [6.45, 7) is 9.68. The van der Waals surface area contributed by atoms with Gasteiger partial charge in [0.25, 0.3) is 5.91 Å². The van der Waals surface area contributed by atoms with Gasteiger partial charge in [-0.05, 0) is 32.6 Å². The van der Waals surface area contributed by atoms with Crippen LogP contribution in [0.5, 0.6) is 0 Å². The van der Waals surface area contributed by atoms with Crippen LogP contribution in [0, 0.1) is 5.92 Å². The molecule has 1 amide bonds. The monoisotopic (exact) mass is 276 g/mol. The molecule has 1 aromatic rings. The molecule has 0 N–H and O–H groups in total. The van der Waals surface area contributed by atoms with Crippen molar-refractivity contribution in [2.24, 2.45) is 5.92 Å². The Morgan fingerprint density at radius 1 is 1.25 bits per heavy atom. The van der Waals surface area contributed by atoms with Gasteiger partial charge < -0.3 is 9.80 Å². The van der Waals surface area contributed by atoms with E-state index in [1.54, 1.807) is 17.3 Å². The van der Waals surface area contributed by atoms with Crippen LogP contribution in [-0.4, -0.2) is 47.0 Å². The zero-order valence-electron chi connectivity index (χ0n) is 12.7. The molecule has 1 aromatic heterocycles. The Labute approximate surface area is 121 Å². The molecule has 0 saturated carbocycles. The number of hydrogen-bond acceptors (Lipinski definition) is 4. The molecule has 0 bridgehead atoms. The molecule has 0 spiro atoms. The highest BCUT2D eigenvalue weighted by Gasteiger charge is 2.19. The molecule has 1 fully saturated rings. The maximum atomic E-state index is 12.1. The van der Waals surface area contributed by atoms with Crippen molar-refractivity contribution in [3.05, 3.63) is 18.1 Å². The zero-order valence-corrected chi connectivity index (χ0v) is 12.7. The lowest BCUT2D eigenvalue weighted by atomic mass is 9.99. The molecule has 0 atom stereocenters. The summed E-state index contributed by atoms with van der Waals surface area (Å²) in [7, 11) is 0. The predicted octanol–water partition coefficient (Wildman–Crippen LogP) is 2.19. The number of anilines is 1. The van der Waals surface area contributed by atoms with Crippen molar-refractivity contribution >= 4 is 11.7 Å². The molecule has 0 radical (unpaired) electrons. The summed E-state index contributed by atoms with van der Waals surface area (Å²) in [5, 5.41) is 0. The van der Waals surface area contributed by atoms with Crippen molar-refractivity contribution in [3.8, 4) is 0 Å².